The van der Waals surface area contributed by atoms with E-state index in [-0.39, 0.29) is 5.54 Å². The van der Waals surface area contributed by atoms with E-state index in [4.69, 9.17) is 4.42 Å². The summed E-state index contributed by atoms with van der Waals surface area (Å²) in [7, 11) is 0. The molecule has 0 unspecified atom stereocenters. The molecule has 1 aromatic rings. The Morgan fingerprint density at radius 1 is 1.24 bits per heavy atom. The van der Waals surface area contributed by atoms with Gasteiger partial charge in [0.15, 0.2) is 0 Å². The summed E-state index contributed by atoms with van der Waals surface area (Å²) in [5.74, 6) is 0.643. The maximum Gasteiger partial charge on any atom is 0.318 e. The molecule has 1 N–H and O–H groups in total. The molecule has 0 bridgehead atoms. The molecular weight excluding hydrogens is 216 g/mol. The fourth-order valence-electron chi connectivity index (χ4n) is 1.44. The van der Waals surface area contributed by atoms with Crippen molar-refractivity contribution in [3.8, 4) is 0 Å². The van der Waals surface area contributed by atoms with Crippen molar-refractivity contribution in [1.29, 1.82) is 0 Å². The molecule has 1 aromatic heterocycles. The van der Waals surface area contributed by atoms with E-state index in [1.807, 2.05) is 0 Å². The molecule has 1 rings (SSSR count). The lowest BCUT2D eigenvalue weighted by Gasteiger charge is -2.19. The van der Waals surface area contributed by atoms with Crippen LogP contribution in [0.25, 0.3) is 0 Å². The average molecular weight is 240 g/mol. The van der Waals surface area contributed by atoms with Gasteiger partial charge in [0.25, 0.3) is 0 Å². The molecule has 0 fully saturated rings. The molecule has 0 aliphatic carbocycles. The maximum atomic E-state index is 5.63. The molecule has 5 nitrogen and oxygen atoms in total. The van der Waals surface area contributed by atoms with E-state index in [1.54, 1.807) is 0 Å². The van der Waals surface area contributed by atoms with Crippen LogP contribution in [0.1, 0.15) is 46.9 Å². The third kappa shape index (κ3) is 4.73. The van der Waals surface area contributed by atoms with Crippen LogP contribution in [-0.4, -0.2) is 28.8 Å². The van der Waals surface area contributed by atoms with Crippen molar-refractivity contribution >= 4 is 6.01 Å². The van der Waals surface area contributed by atoms with E-state index < -0.39 is 0 Å². The zero-order valence-corrected chi connectivity index (χ0v) is 11.6. The Labute approximate surface area is 104 Å². The summed E-state index contributed by atoms with van der Waals surface area (Å²) in [6, 6.07) is 0.625. The number of hydrogen-bond donors (Lipinski definition) is 1. The molecule has 0 aromatic carbocycles. The summed E-state index contributed by atoms with van der Waals surface area (Å²) in [5.41, 5.74) is 0.0580. The van der Waals surface area contributed by atoms with E-state index in [2.05, 4.69) is 55.0 Å². The van der Waals surface area contributed by atoms with Gasteiger partial charge >= 0.3 is 6.01 Å². The standard InChI is InChI=1S/C12H24N4O/c1-6-8-16(7-2)11-15-14-10(17-11)9-13-12(3,4)5/h13H,6-9H2,1-5H3. The van der Waals surface area contributed by atoms with Crippen molar-refractivity contribution in [3.05, 3.63) is 5.89 Å². The van der Waals surface area contributed by atoms with Crippen molar-refractivity contribution in [1.82, 2.24) is 15.5 Å². The molecule has 0 atom stereocenters. The smallest absolute Gasteiger partial charge is 0.318 e. The zero-order valence-electron chi connectivity index (χ0n) is 11.6. The zero-order chi connectivity index (χ0) is 12.9. The van der Waals surface area contributed by atoms with Crippen LogP contribution in [0.15, 0.2) is 4.42 Å². The van der Waals surface area contributed by atoms with Crippen LogP contribution in [-0.2, 0) is 6.54 Å². The summed E-state index contributed by atoms with van der Waals surface area (Å²) < 4.78 is 5.63. The second-order valence-electron chi connectivity index (χ2n) is 5.16. The molecule has 0 radical (unpaired) electrons. The van der Waals surface area contributed by atoms with Crippen molar-refractivity contribution in [3.63, 3.8) is 0 Å². The van der Waals surface area contributed by atoms with Crippen LogP contribution >= 0.6 is 0 Å². The first-order valence-electron chi connectivity index (χ1n) is 6.28. The minimum Gasteiger partial charge on any atom is -0.407 e. The largest absolute Gasteiger partial charge is 0.407 e. The van der Waals surface area contributed by atoms with Crippen LogP contribution in [0.5, 0.6) is 0 Å². The Morgan fingerprint density at radius 3 is 2.47 bits per heavy atom. The molecule has 0 saturated heterocycles. The lowest BCUT2D eigenvalue weighted by Crippen LogP contribution is -2.35. The third-order valence-corrected chi connectivity index (χ3v) is 2.37. The molecule has 0 saturated carbocycles. The molecule has 0 aliphatic heterocycles. The summed E-state index contributed by atoms with van der Waals surface area (Å²) >= 11 is 0. The first kappa shape index (κ1) is 14.0. The van der Waals surface area contributed by atoms with E-state index in [0.29, 0.717) is 18.5 Å². The summed E-state index contributed by atoms with van der Waals surface area (Å²) in [6.45, 7) is 13.0. The van der Waals surface area contributed by atoms with Crippen molar-refractivity contribution in [2.75, 3.05) is 18.0 Å². The lowest BCUT2D eigenvalue weighted by molar-refractivity contribution is 0.380. The highest BCUT2D eigenvalue weighted by atomic mass is 16.4. The monoisotopic (exact) mass is 240 g/mol. The van der Waals surface area contributed by atoms with Crippen LogP contribution in [0.2, 0.25) is 0 Å². The minimum atomic E-state index is 0.0580. The quantitative estimate of drug-likeness (QED) is 0.826. The Hall–Kier alpha value is -1.10. The fraction of sp³-hybridized carbons (Fsp3) is 0.833. The lowest BCUT2D eigenvalue weighted by atomic mass is 10.1. The SMILES string of the molecule is CCCN(CC)c1nnc(CNC(C)(C)C)o1. The van der Waals surface area contributed by atoms with Gasteiger partial charge in [0.2, 0.25) is 5.89 Å². The molecule has 5 heteroatoms. The second-order valence-corrected chi connectivity index (χ2v) is 5.16. The predicted octanol–water partition coefficient (Wildman–Crippen LogP) is 2.19. The van der Waals surface area contributed by atoms with Gasteiger partial charge in [-0.05, 0) is 34.1 Å². The Balaban J connectivity index is 2.58. The second kappa shape index (κ2) is 6.00. The molecule has 1 heterocycles. The molecule has 0 aliphatic rings. The van der Waals surface area contributed by atoms with Gasteiger partial charge in [0.05, 0.1) is 6.54 Å². The van der Waals surface area contributed by atoms with E-state index in [1.165, 1.54) is 0 Å². The predicted molar refractivity (Wildman–Crippen MR) is 69.1 cm³/mol. The third-order valence-electron chi connectivity index (χ3n) is 2.37. The first-order chi connectivity index (χ1) is 7.96. The number of nitrogens with one attached hydrogen (secondary N) is 1. The van der Waals surface area contributed by atoms with Gasteiger partial charge in [-0.15, -0.1) is 5.10 Å². The number of hydrogen-bond acceptors (Lipinski definition) is 5. The highest BCUT2D eigenvalue weighted by Crippen LogP contribution is 2.12. The van der Waals surface area contributed by atoms with Gasteiger partial charge in [-0.1, -0.05) is 12.0 Å². The normalized spacial score (nSPS) is 11.8. The Bertz CT molecular complexity index is 329. The van der Waals surface area contributed by atoms with Crippen molar-refractivity contribution in [2.24, 2.45) is 0 Å². The number of anilines is 1. The van der Waals surface area contributed by atoms with Crippen LogP contribution in [0.4, 0.5) is 6.01 Å². The van der Waals surface area contributed by atoms with Crippen molar-refractivity contribution in [2.45, 2.75) is 53.1 Å². The maximum absolute atomic E-state index is 5.63. The average Bonchev–Trinajstić information content (AvgIpc) is 2.70. The van der Waals surface area contributed by atoms with Crippen molar-refractivity contribution < 1.29 is 4.42 Å². The number of nitrogens with zero attached hydrogens (tertiary/aromatic N) is 3. The van der Waals surface area contributed by atoms with Gasteiger partial charge in [0, 0.05) is 18.6 Å². The topological polar surface area (TPSA) is 54.2 Å². The summed E-state index contributed by atoms with van der Waals surface area (Å²) in [5, 5.41) is 11.5. The Morgan fingerprint density at radius 2 is 1.94 bits per heavy atom. The van der Waals surface area contributed by atoms with E-state index in [0.717, 1.165) is 19.5 Å². The first-order valence-corrected chi connectivity index (χ1v) is 6.28. The number of rotatable bonds is 6. The van der Waals surface area contributed by atoms with Crippen LogP contribution in [0, 0.1) is 0 Å². The van der Waals surface area contributed by atoms with Gasteiger partial charge in [-0.3, -0.25) is 0 Å². The highest BCUT2D eigenvalue weighted by molar-refractivity contribution is 5.23. The Kier molecular flexibility index (Phi) is 4.93. The van der Waals surface area contributed by atoms with E-state index in [9.17, 15) is 0 Å². The van der Waals surface area contributed by atoms with Crippen LogP contribution < -0.4 is 10.2 Å². The molecule has 0 amide bonds. The fourth-order valence-corrected chi connectivity index (χ4v) is 1.44. The minimum absolute atomic E-state index is 0.0580. The summed E-state index contributed by atoms with van der Waals surface area (Å²) in [6.07, 6.45) is 1.08. The van der Waals surface area contributed by atoms with Gasteiger partial charge < -0.3 is 14.6 Å². The molecule has 98 valence electrons. The summed E-state index contributed by atoms with van der Waals surface area (Å²) in [4.78, 5) is 2.09. The molecule has 17 heavy (non-hydrogen) atoms. The number of aromatic nitrogens is 2. The van der Waals surface area contributed by atoms with Crippen LogP contribution in [0.3, 0.4) is 0 Å². The van der Waals surface area contributed by atoms with Gasteiger partial charge in [-0.2, -0.15) is 0 Å². The molecular formula is C12H24N4O. The van der Waals surface area contributed by atoms with E-state index >= 15 is 0 Å². The van der Waals surface area contributed by atoms with Gasteiger partial charge in [0.1, 0.15) is 0 Å². The molecule has 0 spiro atoms. The van der Waals surface area contributed by atoms with Gasteiger partial charge in [-0.25, -0.2) is 0 Å². The highest BCUT2D eigenvalue weighted by Gasteiger charge is 2.14.